The molecule has 1 aromatic rings. The summed E-state index contributed by atoms with van der Waals surface area (Å²) in [6.45, 7) is 2.30. The molecule has 3 nitrogen and oxygen atoms in total. The smallest absolute Gasteiger partial charge is 0.106 e. The van der Waals surface area contributed by atoms with Gasteiger partial charge in [-0.15, -0.1) is 0 Å². The zero-order chi connectivity index (χ0) is 13.1. The molecule has 1 unspecified atom stereocenters. The molecule has 0 amide bonds. The van der Waals surface area contributed by atoms with Gasteiger partial charge >= 0.3 is 0 Å². The lowest BCUT2D eigenvalue weighted by Gasteiger charge is -2.37. The molecular weight excluding hydrogens is 242 g/mol. The zero-order valence-electron chi connectivity index (χ0n) is 11.1. The molecule has 1 fully saturated rings. The SMILES string of the molecule is CN1CCCC(N(C)c2ccccc2C(N)=S)C1. The Bertz CT molecular complexity index is 433. The van der Waals surface area contributed by atoms with Gasteiger partial charge < -0.3 is 15.5 Å². The number of nitrogens with two attached hydrogens (primary N) is 1. The maximum atomic E-state index is 5.80. The van der Waals surface area contributed by atoms with Gasteiger partial charge in [-0.3, -0.25) is 0 Å². The Morgan fingerprint density at radius 2 is 2.17 bits per heavy atom. The Morgan fingerprint density at radius 1 is 1.44 bits per heavy atom. The van der Waals surface area contributed by atoms with E-state index in [1.54, 1.807) is 0 Å². The van der Waals surface area contributed by atoms with Crippen LogP contribution in [0.1, 0.15) is 18.4 Å². The van der Waals surface area contributed by atoms with E-state index >= 15 is 0 Å². The van der Waals surface area contributed by atoms with Crippen molar-refractivity contribution in [3.8, 4) is 0 Å². The van der Waals surface area contributed by atoms with Gasteiger partial charge in [-0.1, -0.05) is 24.4 Å². The third kappa shape index (κ3) is 2.82. The topological polar surface area (TPSA) is 32.5 Å². The fourth-order valence-corrected chi connectivity index (χ4v) is 2.81. The van der Waals surface area contributed by atoms with E-state index < -0.39 is 0 Å². The van der Waals surface area contributed by atoms with Crippen LogP contribution >= 0.6 is 12.2 Å². The quantitative estimate of drug-likeness (QED) is 0.844. The molecule has 0 bridgehead atoms. The van der Waals surface area contributed by atoms with Crippen LogP contribution < -0.4 is 10.6 Å². The summed E-state index contributed by atoms with van der Waals surface area (Å²) in [4.78, 5) is 5.18. The Morgan fingerprint density at radius 3 is 2.83 bits per heavy atom. The first-order valence-corrected chi connectivity index (χ1v) is 6.80. The Kier molecular flexibility index (Phi) is 4.19. The second kappa shape index (κ2) is 5.67. The van der Waals surface area contributed by atoms with Gasteiger partial charge in [0.2, 0.25) is 0 Å². The monoisotopic (exact) mass is 263 g/mol. The highest BCUT2D eigenvalue weighted by Gasteiger charge is 2.22. The summed E-state index contributed by atoms with van der Waals surface area (Å²) in [6, 6.07) is 8.67. The maximum Gasteiger partial charge on any atom is 0.106 e. The molecule has 18 heavy (non-hydrogen) atoms. The number of hydrogen-bond donors (Lipinski definition) is 1. The van der Waals surface area contributed by atoms with Gasteiger partial charge in [0.1, 0.15) is 4.99 Å². The first-order valence-electron chi connectivity index (χ1n) is 6.40. The highest BCUT2D eigenvalue weighted by molar-refractivity contribution is 7.80. The van der Waals surface area contributed by atoms with Crippen molar-refractivity contribution >= 4 is 22.9 Å². The van der Waals surface area contributed by atoms with Gasteiger partial charge in [0.05, 0.1) is 0 Å². The van der Waals surface area contributed by atoms with Crippen molar-refractivity contribution in [2.45, 2.75) is 18.9 Å². The lowest BCUT2D eigenvalue weighted by Crippen LogP contribution is -2.45. The van der Waals surface area contributed by atoms with Gasteiger partial charge in [-0.2, -0.15) is 0 Å². The highest BCUT2D eigenvalue weighted by atomic mass is 32.1. The Hall–Kier alpha value is -1.13. The predicted molar refractivity (Wildman–Crippen MR) is 81.3 cm³/mol. The fraction of sp³-hybridized carbons (Fsp3) is 0.500. The normalized spacial score (nSPS) is 20.7. The van der Waals surface area contributed by atoms with Gasteiger partial charge in [0.25, 0.3) is 0 Å². The van der Waals surface area contributed by atoms with Crippen LogP contribution in [0.2, 0.25) is 0 Å². The average Bonchev–Trinajstić information content (AvgIpc) is 2.38. The summed E-state index contributed by atoms with van der Waals surface area (Å²) in [6.07, 6.45) is 2.48. The lowest BCUT2D eigenvalue weighted by molar-refractivity contribution is 0.248. The van der Waals surface area contributed by atoms with Crippen LogP contribution in [0.5, 0.6) is 0 Å². The van der Waals surface area contributed by atoms with Crippen molar-refractivity contribution in [3.05, 3.63) is 29.8 Å². The molecule has 0 aliphatic carbocycles. The number of para-hydroxylation sites is 1. The van der Waals surface area contributed by atoms with Crippen molar-refractivity contribution in [2.24, 2.45) is 5.73 Å². The molecule has 0 spiro atoms. The molecule has 0 radical (unpaired) electrons. The molecule has 1 aliphatic heterocycles. The molecule has 4 heteroatoms. The second-order valence-corrected chi connectivity index (χ2v) is 5.49. The van der Waals surface area contributed by atoms with E-state index in [0.717, 1.165) is 17.8 Å². The molecular formula is C14H21N3S. The molecule has 1 aliphatic rings. The van der Waals surface area contributed by atoms with Gasteiger partial charge in [0.15, 0.2) is 0 Å². The number of nitrogens with zero attached hydrogens (tertiary/aromatic N) is 2. The molecule has 1 aromatic carbocycles. The van der Waals surface area contributed by atoms with Crippen LogP contribution in [-0.2, 0) is 0 Å². The summed E-state index contributed by atoms with van der Waals surface area (Å²) in [7, 11) is 4.32. The summed E-state index contributed by atoms with van der Waals surface area (Å²) in [5, 5.41) is 0. The first kappa shape index (κ1) is 13.3. The number of thiocarbonyl (C=S) groups is 1. The lowest BCUT2D eigenvalue weighted by atomic mass is 10.0. The van der Waals surface area contributed by atoms with Crippen LogP contribution in [0.4, 0.5) is 5.69 Å². The predicted octanol–water partition coefficient (Wildman–Crippen LogP) is 1.85. The molecule has 0 saturated carbocycles. The number of rotatable bonds is 3. The van der Waals surface area contributed by atoms with E-state index in [4.69, 9.17) is 18.0 Å². The van der Waals surface area contributed by atoms with Crippen molar-refractivity contribution in [1.29, 1.82) is 0 Å². The summed E-state index contributed by atoms with van der Waals surface area (Å²) < 4.78 is 0. The number of benzene rings is 1. The van der Waals surface area contributed by atoms with Crippen molar-refractivity contribution in [3.63, 3.8) is 0 Å². The van der Waals surface area contributed by atoms with Gasteiger partial charge in [-0.05, 0) is 38.6 Å². The fourth-order valence-electron chi connectivity index (χ4n) is 2.64. The van der Waals surface area contributed by atoms with E-state index in [2.05, 4.69) is 30.0 Å². The number of piperidine rings is 1. The molecule has 2 rings (SSSR count). The molecule has 1 saturated heterocycles. The summed E-state index contributed by atoms with van der Waals surface area (Å²) >= 11 is 5.13. The maximum absolute atomic E-state index is 5.80. The Balaban J connectivity index is 2.22. The standard InChI is InChI=1S/C14H21N3S/c1-16-9-5-6-11(10-16)17(2)13-8-4-3-7-12(13)14(15)18/h3-4,7-8,11H,5-6,9-10H2,1-2H3,(H2,15,18). The second-order valence-electron chi connectivity index (χ2n) is 5.05. The zero-order valence-corrected chi connectivity index (χ0v) is 11.9. The van der Waals surface area contributed by atoms with Crippen molar-refractivity contribution in [1.82, 2.24) is 4.90 Å². The van der Waals surface area contributed by atoms with Gasteiger partial charge in [0, 0.05) is 30.9 Å². The summed E-state index contributed by atoms with van der Waals surface area (Å²) in [5.74, 6) is 0. The highest BCUT2D eigenvalue weighted by Crippen LogP contribution is 2.24. The van der Waals surface area contributed by atoms with Crippen LogP contribution in [0, 0.1) is 0 Å². The van der Waals surface area contributed by atoms with E-state index in [9.17, 15) is 0 Å². The Labute approximate surface area is 115 Å². The molecule has 0 aromatic heterocycles. The van der Waals surface area contributed by atoms with Crippen LogP contribution in [0.3, 0.4) is 0 Å². The number of likely N-dealkylation sites (tertiary alicyclic amines) is 1. The van der Waals surface area contributed by atoms with Gasteiger partial charge in [-0.25, -0.2) is 0 Å². The van der Waals surface area contributed by atoms with Crippen molar-refractivity contribution in [2.75, 3.05) is 32.1 Å². The van der Waals surface area contributed by atoms with Crippen LogP contribution in [-0.4, -0.2) is 43.1 Å². The average molecular weight is 263 g/mol. The number of anilines is 1. The molecule has 98 valence electrons. The number of hydrogen-bond acceptors (Lipinski definition) is 3. The van der Waals surface area contributed by atoms with E-state index in [0.29, 0.717) is 11.0 Å². The van der Waals surface area contributed by atoms with E-state index in [-0.39, 0.29) is 0 Å². The first-order chi connectivity index (χ1) is 8.59. The minimum Gasteiger partial charge on any atom is -0.389 e. The minimum atomic E-state index is 0.474. The van der Waals surface area contributed by atoms with Crippen molar-refractivity contribution < 1.29 is 0 Å². The van der Waals surface area contributed by atoms with E-state index in [1.807, 2.05) is 18.2 Å². The largest absolute Gasteiger partial charge is 0.389 e. The van der Waals surface area contributed by atoms with E-state index in [1.165, 1.54) is 19.4 Å². The number of likely N-dealkylation sites (N-methyl/N-ethyl adjacent to an activating group) is 2. The molecule has 1 atom stereocenters. The van der Waals surface area contributed by atoms with Crippen LogP contribution in [0.15, 0.2) is 24.3 Å². The minimum absolute atomic E-state index is 0.474. The third-order valence-corrected chi connectivity index (χ3v) is 3.92. The summed E-state index contributed by atoms with van der Waals surface area (Å²) in [5.41, 5.74) is 7.92. The molecule has 1 heterocycles. The van der Waals surface area contributed by atoms with Crippen LogP contribution in [0.25, 0.3) is 0 Å². The molecule has 2 N–H and O–H groups in total. The third-order valence-electron chi connectivity index (χ3n) is 3.70.